The van der Waals surface area contributed by atoms with Crippen LogP contribution in [-0.2, 0) is 9.47 Å². The Kier molecular flexibility index (Phi) is 4.12. The van der Waals surface area contributed by atoms with Crippen LogP contribution < -0.4 is 5.73 Å². The van der Waals surface area contributed by atoms with Gasteiger partial charge < -0.3 is 25.4 Å². The normalized spacial score (nSPS) is 33.5. The smallest absolute Gasteiger partial charge is 0.203 e. The molecule has 1 aliphatic heterocycles. The molecule has 112 valence electrons. The highest BCUT2D eigenvalue weighted by Crippen LogP contribution is 2.40. The number of ether oxygens (including phenoxy) is 2. The average Bonchev–Trinajstić information content (AvgIpc) is 2.67. The Morgan fingerprint density at radius 3 is 2.85 bits per heavy atom. The quantitative estimate of drug-likeness (QED) is 0.683. The minimum atomic E-state index is -1.05. The summed E-state index contributed by atoms with van der Waals surface area (Å²) >= 11 is 5.19. The molecule has 8 heteroatoms. The third kappa shape index (κ3) is 2.23. The number of anilines is 1. The number of rotatable bonds is 3. The van der Waals surface area contributed by atoms with Crippen molar-refractivity contribution in [3.05, 3.63) is 16.5 Å². The Morgan fingerprint density at radius 1 is 1.65 bits per heavy atom. The molecule has 0 aliphatic carbocycles. The molecule has 0 bridgehead atoms. The van der Waals surface area contributed by atoms with Crippen LogP contribution in [0.4, 0.5) is 5.82 Å². The third-order valence-corrected chi connectivity index (χ3v) is 4.08. The molecule has 4 N–H and O–H groups in total. The van der Waals surface area contributed by atoms with Crippen molar-refractivity contribution >= 4 is 18.0 Å². The van der Waals surface area contributed by atoms with Crippen molar-refractivity contribution in [2.75, 3.05) is 19.5 Å². The van der Waals surface area contributed by atoms with E-state index < -0.39 is 24.0 Å². The van der Waals surface area contributed by atoms with Crippen LogP contribution in [-0.4, -0.2) is 51.3 Å². The maximum atomic E-state index is 10.3. The lowest BCUT2D eigenvalue weighted by atomic mass is 9.96. The van der Waals surface area contributed by atoms with Crippen molar-refractivity contribution in [2.24, 2.45) is 0 Å². The zero-order chi connectivity index (χ0) is 15.1. The van der Waals surface area contributed by atoms with Gasteiger partial charge in [-0.1, -0.05) is 0 Å². The van der Waals surface area contributed by atoms with Gasteiger partial charge in [0.15, 0.2) is 6.23 Å². The molecule has 0 amide bonds. The first-order valence-electron chi connectivity index (χ1n) is 6.20. The highest BCUT2D eigenvalue weighted by molar-refractivity contribution is 7.71. The Labute approximate surface area is 122 Å². The summed E-state index contributed by atoms with van der Waals surface area (Å²) in [5.41, 5.74) is 5.41. The second kappa shape index (κ2) is 5.38. The number of nitrogens with zero attached hydrogens (tertiary/aromatic N) is 2. The zero-order valence-electron chi connectivity index (χ0n) is 11.6. The van der Waals surface area contributed by atoms with Crippen molar-refractivity contribution in [3.8, 4) is 0 Å². The number of hydrogen-bond acceptors (Lipinski definition) is 7. The molecule has 4 atom stereocenters. The van der Waals surface area contributed by atoms with E-state index in [0.717, 1.165) is 5.56 Å². The minimum Gasteiger partial charge on any atom is -0.394 e. The summed E-state index contributed by atoms with van der Waals surface area (Å²) in [4.78, 5) is 4.07. The van der Waals surface area contributed by atoms with E-state index in [-0.39, 0.29) is 11.4 Å². The first-order chi connectivity index (χ1) is 9.35. The highest BCUT2D eigenvalue weighted by Gasteiger charge is 2.54. The van der Waals surface area contributed by atoms with Crippen LogP contribution in [0.1, 0.15) is 18.7 Å². The Hall–Kier alpha value is -1.06. The molecule has 2 rings (SSSR count). The molecular formula is C12H19N3O4S. The van der Waals surface area contributed by atoms with Gasteiger partial charge in [-0.05, 0) is 26.1 Å². The Morgan fingerprint density at radius 2 is 2.30 bits per heavy atom. The number of hydrogen-bond donors (Lipinski definition) is 3. The summed E-state index contributed by atoms with van der Waals surface area (Å²) in [6.45, 7) is 3.18. The zero-order valence-corrected chi connectivity index (χ0v) is 12.4. The van der Waals surface area contributed by atoms with E-state index in [1.54, 1.807) is 24.6 Å². The summed E-state index contributed by atoms with van der Waals surface area (Å²) < 4.78 is 12.9. The maximum Gasteiger partial charge on any atom is 0.203 e. The predicted molar refractivity (Wildman–Crippen MR) is 74.6 cm³/mol. The maximum absolute atomic E-state index is 10.3. The van der Waals surface area contributed by atoms with E-state index in [0.29, 0.717) is 5.82 Å². The topological polar surface area (TPSA) is 103 Å². The fraction of sp³-hybridized carbons (Fsp3) is 0.667. The largest absolute Gasteiger partial charge is 0.394 e. The number of nitrogen functional groups attached to an aromatic ring is 1. The molecule has 0 spiro atoms. The number of aliphatic hydroxyl groups excluding tert-OH is 2. The van der Waals surface area contributed by atoms with Gasteiger partial charge in [0.2, 0.25) is 4.77 Å². The van der Waals surface area contributed by atoms with E-state index in [1.165, 1.54) is 7.11 Å². The summed E-state index contributed by atoms with van der Waals surface area (Å²) in [6.07, 6.45) is -0.718. The van der Waals surface area contributed by atoms with Crippen LogP contribution >= 0.6 is 12.2 Å². The minimum absolute atomic E-state index is 0.229. The molecular weight excluding hydrogens is 282 g/mol. The fourth-order valence-corrected chi connectivity index (χ4v) is 2.59. The molecule has 20 heavy (non-hydrogen) atoms. The van der Waals surface area contributed by atoms with Crippen LogP contribution in [0.15, 0.2) is 6.20 Å². The predicted octanol–water partition coefficient (Wildman–Crippen LogP) is 0.159. The number of aliphatic hydroxyl groups is 2. The lowest BCUT2D eigenvalue weighted by Gasteiger charge is -2.32. The molecule has 1 aromatic heterocycles. The van der Waals surface area contributed by atoms with Crippen LogP contribution in [0.3, 0.4) is 0 Å². The van der Waals surface area contributed by atoms with Crippen molar-refractivity contribution in [2.45, 2.75) is 37.9 Å². The lowest BCUT2D eigenvalue weighted by Crippen LogP contribution is -2.46. The van der Waals surface area contributed by atoms with Gasteiger partial charge in [-0.25, -0.2) is 4.98 Å². The van der Waals surface area contributed by atoms with Gasteiger partial charge in [-0.15, -0.1) is 0 Å². The van der Waals surface area contributed by atoms with Crippen molar-refractivity contribution in [1.82, 2.24) is 9.55 Å². The number of aromatic nitrogens is 2. The van der Waals surface area contributed by atoms with Crippen LogP contribution in [0, 0.1) is 11.7 Å². The number of aryl methyl sites for hydroxylation is 1. The van der Waals surface area contributed by atoms with Gasteiger partial charge in [-0.2, -0.15) is 0 Å². The fourth-order valence-electron chi connectivity index (χ4n) is 2.34. The molecule has 1 aromatic rings. The van der Waals surface area contributed by atoms with E-state index in [1.807, 2.05) is 0 Å². The van der Waals surface area contributed by atoms with Gasteiger partial charge in [0.05, 0.1) is 6.61 Å². The second-order valence-electron chi connectivity index (χ2n) is 5.04. The van der Waals surface area contributed by atoms with Crippen molar-refractivity contribution < 1.29 is 19.7 Å². The molecule has 0 radical (unpaired) electrons. The first-order valence-corrected chi connectivity index (χ1v) is 6.60. The SMILES string of the molecule is COC1(C)C(O)[C@@H](CO)O[C@H]1n1cc(C)c(N)nc1=S. The lowest BCUT2D eigenvalue weighted by molar-refractivity contribution is -0.121. The average molecular weight is 301 g/mol. The van der Waals surface area contributed by atoms with E-state index >= 15 is 0 Å². The second-order valence-corrected chi connectivity index (χ2v) is 5.41. The summed E-state index contributed by atoms with van der Waals surface area (Å²) in [7, 11) is 1.47. The number of methoxy groups -OCH3 is 1. The van der Waals surface area contributed by atoms with Gasteiger partial charge in [-0.3, -0.25) is 4.57 Å². The van der Waals surface area contributed by atoms with Crippen molar-refractivity contribution in [1.29, 1.82) is 0 Å². The van der Waals surface area contributed by atoms with E-state index in [9.17, 15) is 10.2 Å². The molecule has 7 nitrogen and oxygen atoms in total. The first kappa shape index (κ1) is 15.3. The van der Waals surface area contributed by atoms with Gasteiger partial charge in [0.25, 0.3) is 0 Å². The molecule has 0 aromatic carbocycles. The summed E-state index contributed by atoms with van der Waals surface area (Å²) in [5.74, 6) is 0.350. The Bertz CT molecular complexity index is 564. The van der Waals surface area contributed by atoms with Crippen LogP contribution in [0.5, 0.6) is 0 Å². The van der Waals surface area contributed by atoms with E-state index in [4.69, 9.17) is 27.4 Å². The van der Waals surface area contributed by atoms with Crippen molar-refractivity contribution in [3.63, 3.8) is 0 Å². The van der Waals surface area contributed by atoms with Crippen LogP contribution in [0.25, 0.3) is 0 Å². The van der Waals surface area contributed by atoms with E-state index in [2.05, 4.69) is 4.98 Å². The molecule has 2 heterocycles. The molecule has 1 fully saturated rings. The standard InChI is InChI=1S/C12H19N3O4S/c1-6-4-15(11(20)14-9(6)13)10-12(2,18-3)8(17)7(5-16)19-10/h4,7-8,10,16-17H,5H2,1-3H3,(H2,13,14,20)/t7-,8?,10-,12?/m1/s1. The third-order valence-electron chi connectivity index (χ3n) is 3.78. The molecule has 1 aliphatic rings. The highest BCUT2D eigenvalue weighted by atomic mass is 32.1. The van der Waals surface area contributed by atoms with Gasteiger partial charge >= 0.3 is 0 Å². The molecule has 1 saturated heterocycles. The monoisotopic (exact) mass is 301 g/mol. The van der Waals surface area contributed by atoms with Crippen LogP contribution in [0.2, 0.25) is 0 Å². The Balaban J connectivity index is 2.51. The summed E-state index contributed by atoms with van der Waals surface area (Å²) in [6, 6.07) is 0. The molecule has 2 unspecified atom stereocenters. The summed E-state index contributed by atoms with van der Waals surface area (Å²) in [5, 5.41) is 19.5. The number of nitrogens with two attached hydrogens (primary N) is 1. The molecule has 0 saturated carbocycles. The van der Waals surface area contributed by atoms with Gasteiger partial charge in [0, 0.05) is 18.9 Å². The van der Waals surface area contributed by atoms with Gasteiger partial charge in [0.1, 0.15) is 23.6 Å².